The summed E-state index contributed by atoms with van der Waals surface area (Å²) < 4.78 is 5.07. The molecule has 0 radical (unpaired) electrons. The number of rotatable bonds is 11. The highest BCUT2D eigenvalue weighted by Gasteiger charge is 2.28. The van der Waals surface area contributed by atoms with Crippen LogP contribution in [0.4, 0.5) is 4.79 Å². The normalized spacial score (nSPS) is 13.1. The SMILES string of the molecule is CC(C)[C@H](NC(=O)CNC(=O)OC(C)(C)C)C(=O)N[C@@H](CSCc1ccccc1)C(N)=O. The van der Waals surface area contributed by atoms with Crippen molar-refractivity contribution in [3.63, 3.8) is 0 Å². The monoisotopic (exact) mass is 466 g/mol. The molecule has 4 amide bonds. The number of carbonyl (C=O) groups is 4. The van der Waals surface area contributed by atoms with Crippen LogP contribution in [-0.4, -0.2) is 53.8 Å². The quantitative estimate of drug-likeness (QED) is 0.390. The number of hydrogen-bond donors (Lipinski definition) is 4. The van der Waals surface area contributed by atoms with E-state index in [1.54, 1.807) is 34.6 Å². The van der Waals surface area contributed by atoms with Gasteiger partial charge in [0.15, 0.2) is 0 Å². The predicted molar refractivity (Wildman–Crippen MR) is 125 cm³/mol. The van der Waals surface area contributed by atoms with Crippen LogP contribution < -0.4 is 21.7 Å². The van der Waals surface area contributed by atoms with Crippen molar-refractivity contribution in [1.82, 2.24) is 16.0 Å². The van der Waals surface area contributed by atoms with Crippen LogP contribution in [0.25, 0.3) is 0 Å². The smallest absolute Gasteiger partial charge is 0.408 e. The number of thioether (sulfide) groups is 1. The molecule has 0 aromatic heterocycles. The maximum Gasteiger partial charge on any atom is 0.408 e. The van der Waals surface area contributed by atoms with Gasteiger partial charge >= 0.3 is 6.09 Å². The number of amides is 4. The number of benzene rings is 1. The summed E-state index contributed by atoms with van der Waals surface area (Å²) in [4.78, 5) is 48.5. The maximum absolute atomic E-state index is 12.7. The van der Waals surface area contributed by atoms with Crippen LogP contribution in [0.1, 0.15) is 40.2 Å². The van der Waals surface area contributed by atoms with Crippen molar-refractivity contribution in [3.8, 4) is 0 Å². The standard InChI is InChI=1S/C22H34N4O5S/c1-14(2)18(26-17(27)11-24-21(30)31-22(3,4)5)20(29)25-16(19(23)28)13-32-12-15-9-7-6-8-10-15/h6-10,14,16,18H,11-13H2,1-5H3,(H2,23,28)(H,24,30)(H,25,29)(H,26,27)/t16-,18-/m0/s1. The Balaban J connectivity index is 2.59. The van der Waals surface area contributed by atoms with Crippen LogP contribution in [0.3, 0.4) is 0 Å². The molecule has 9 nitrogen and oxygen atoms in total. The van der Waals surface area contributed by atoms with Gasteiger partial charge in [-0.15, -0.1) is 0 Å². The highest BCUT2D eigenvalue weighted by Crippen LogP contribution is 2.13. The van der Waals surface area contributed by atoms with Crippen molar-refractivity contribution in [3.05, 3.63) is 35.9 Å². The summed E-state index contributed by atoms with van der Waals surface area (Å²) in [6.45, 7) is 8.29. The third-order valence-electron chi connectivity index (χ3n) is 4.11. The van der Waals surface area contributed by atoms with E-state index in [4.69, 9.17) is 10.5 Å². The first-order valence-corrected chi connectivity index (χ1v) is 11.5. The zero-order chi connectivity index (χ0) is 24.3. The first kappa shape index (κ1) is 27.3. The number of carbonyl (C=O) groups excluding carboxylic acids is 4. The molecule has 178 valence electrons. The number of alkyl carbamates (subject to hydrolysis) is 1. The fourth-order valence-electron chi connectivity index (χ4n) is 2.55. The Morgan fingerprint density at radius 1 is 1.06 bits per heavy atom. The second kappa shape index (κ2) is 12.9. The number of hydrogen-bond acceptors (Lipinski definition) is 6. The zero-order valence-corrected chi connectivity index (χ0v) is 20.1. The predicted octanol–water partition coefficient (Wildman–Crippen LogP) is 1.56. The lowest BCUT2D eigenvalue weighted by Crippen LogP contribution is -2.56. The topological polar surface area (TPSA) is 140 Å². The zero-order valence-electron chi connectivity index (χ0n) is 19.3. The van der Waals surface area contributed by atoms with E-state index >= 15 is 0 Å². The molecule has 1 aromatic rings. The molecule has 0 spiro atoms. The van der Waals surface area contributed by atoms with E-state index in [-0.39, 0.29) is 12.5 Å². The minimum atomic E-state index is -0.899. The van der Waals surface area contributed by atoms with E-state index in [9.17, 15) is 19.2 Å². The molecule has 0 saturated carbocycles. The van der Waals surface area contributed by atoms with E-state index in [2.05, 4.69) is 16.0 Å². The molecule has 0 aliphatic heterocycles. The van der Waals surface area contributed by atoms with Crippen LogP contribution in [0.2, 0.25) is 0 Å². The molecular weight excluding hydrogens is 432 g/mol. The van der Waals surface area contributed by atoms with E-state index < -0.39 is 41.5 Å². The van der Waals surface area contributed by atoms with Gasteiger partial charge in [0, 0.05) is 11.5 Å². The molecule has 2 atom stereocenters. The molecule has 1 rings (SSSR count). The third kappa shape index (κ3) is 11.0. The van der Waals surface area contributed by atoms with E-state index in [1.165, 1.54) is 11.8 Å². The van der Waals surface area contributed by atoms with Gasteiger partial charge in [-0.1, -0.05) is 44.2 Å². The number of ether oxygens (including phenoxy) is 1. The molecule has 0 aliphatic rings. The molecule has 0 bridgehead atoms. The summed E-state index contributed by atoms with van der Waals surface area (Å²) in [5.41, 5.74) is 5.86. The molecule has 0 saturated heterocycles. The molecule has 32 heavy (non-hydrogen) atoms. The van der Waals surface area contributed by atoms with Gasteiger partial charge in [0.25, 0.3) is 0 Å². The highest BCUT2D eigenvalue weighted by molar-refractivity contribution is 7.98. The highest BCUT2D eigenvalue weighted by atomic mass is 32.2. The number of nitrogens with two attached hydrogens (primary N) is 1. The summed E-state index contributed by atoms with van der Waals surface area (Å²) in [5.74, 6) is -1.02. The van der Waals surface area contributed by atoms with Crippen molar-refractivity contribution in [2.45, 2.75) is 58.1 Å². The van der Waals surface area contributed by atoms with Gasteiger partial charge in [-0.2, -0.15) is 11.8 Å². The van der Waals surface area contributed by atoms with Crippen molar-refractivity contribution >= 4 is 35.6 Å². The van der Waals surface area contributed by atoms with E-state index in [0.717, 1.165) is 5.56 Å². The van der Waals surface area contributed by atoms with Crippen LogP contribution in [0, 0.1) is 5.92 Å². The van der Waals surface area contributed by atoms with Crippen LogP contribution in [0.15, 0.2) is 30.3 Å². The molecule has 1 aromatic carbocycles. The average molecular weight is 467 g/mol. The van der Waals surface area contributed by atoms with Crippen molar-refractivity contribution in [2.24, 2.45) is 11.7 Å². The van der Waals surface area contributed by atoms with Crippen LogP contribution >= 0.6 is 11.8 Å². The van der Waals surface area contributed by atoms with Crippen molar-refractivity contribution < 1.29 is 23.9 Å². The number of nitrogens with one attached hydrogen (secondary N) is 3. The Kier molecular flexibility index (Phi) is 11.0. The Hall–Kier alpha value is -2.75. The first-order chi connectivity index (χ1) is 14.9. The molecule has 0 heterocycles. The van der Waals surface area contributed by atoms with Crippen molar-refractivity contribution in [1.29, 1.82) is 0 Å². The van der Waals surface area contributed by atoms with Crippen molar-refractivity contribution in [2.75, 3.05) is 12.3 Å². The third-order valence-corrected chi connectivity index (χ3v) is 5.22. The minimum Gasteiger partial charge on any atom is -0.444 e. The summed E-state index contributed by atoms with van der Waals surface area (Å²) in [6.07, 6.45) is -0.734. The van der Waals surface area contributed by atoms with Gasteiger partial charge in [-0.25, -0.2) is 4.79 Å². The molecule has 5 N–H and O–H groups in total. The minimum absolute atomic E-state index is 0.258. The molecule has 0 aliphatic carbocycles. The lowest BCUT2D eigenvalue weighted by molar-refractivity contribution is -0.131. The molecule has 0 unspecified atom stereocenters. The summed E-state index contributed by atoms with van der Waals surface area (Å²) >= 11 is 1.47. The second-order valence-electron chi connectivity index (χ2n) is 8.61. The molecule has 0 fully saturated rings. The summed E-state index contributed by atoms with van der Waals surface area (Å²) in [5, 5.41) is 7.55. The lowest BCUT2D eigenvalue weighted by Gasteiger charge is -2.24. The first-order valence-electron chi connectivity index (χ1n) is 10.4. The summed E-state index contributed by atoms with van der Waals surface area (Å²) in [6, 6.07) is 7.94. The van der Waals surface area contributed by atoms with Gasteiger partial charge in [0.1, 0.15) is 24.2 Å². The Labute approximate surface area is 193 Å². The largest absolute Gasteiger partial charge is 0.444 e. The van der Waals surface area contributed by atoms with Gasteiger partial charge in [-0.3, -0.25) is 14.4 Å². The van der Waals surface area contributed by atoms with Gasteiger partial charge in [-0.05, 0) is 32.3 Å². The Bertz CT molecular complexity index is 780. The van der Waals surface area contributed by atoms with Crippen LogP contribution in [-0.2, 0) is 24.9 Å². The van der Waals surface area contributed by atoms with Gasteiger partial charge < -0.3 is 26.4 Å². The van der Waals surface area contributed by atoms with Gasteiger partial charge in [0.2, 0.25) is 17.7 Å². The Morgan fingerprint density at radius 2 is 1.69 bits per heavy atom. The lowest BCUT2D eigenvalue weighted by atomic mass is 10.0. The second-order valence-corrected chi connectivity index (χ2v) is 9.64. The molecule has 10 heteroatoms. The van der Waals surface area contributed by atoms with E-state index in [0.29, 0.717) is 11.5 Å². The van der Waals surface area contributed by atoms with Crippen LogP contribution in [0.5, 0.6) is 0 Å². The number of primary amides is 1. The van der Waals surface area contributed by atoms with Gasteiger partial charge in [0.05, 0.1) is 0 Å². The maximum atomic E-state index is 12.7. The fraction of sp³-hybridized carbons (Fsp3) is 0.545. The molecular formula is C22H34N4O5S. The van der Waals surface area contributed by atoms with E-state index in [1.807, 2.05) is 30.3 Å². The average Bonchev–Trinajstić information content (AvgIpc) is 2.68. The fourth-order valence-corrected chi connectivity index (χ4v) is 3.58. The Morgan fingerprint density at radius 3 is 2.22 bits per heavy atom. The summed E-state index contributed by atoms with van der Waals surface area (Å²) in [7, 11) is 0.